The quantitative estimate of drug-likeness (QED) is 0.723. The molecule has 4 heteroatoms. The van der Waals surface area contributed by atoms with E-state index in [0.29, 0.717) is 22.3 Å². The molecule has 2 aromatic heterocycles. The van der Waals surface area contributed by atoms with E-state index in [1.165, 1.54) is 12.1 Å². The number of phenolic OH excluding ortho intramolecular Hbond substituents is 1. The smallest absolute Gasteiger partial charge is 0.154 e. The number of phenols is 1. The van der Waals surface area contributed by atoms with Crippen LogP contribution in [0.3, 0.4) is 0 Å². The van der Waals surface area contributed by atoms with Crippen molar-refractivity contribution >= 4 is 29.4 Å². The molecule has 0 unspecified atom stereocenters. The zero-order valence-corrected chi connectivity index (χ0v) is 9.87. The predicted octanol–water partition coefficient (Wildman–Crippen LogP) is 3.71. The maximum absolute atomic E-state index is 11.2. The first kappa shape index (κ1) is 11.3. The lowest BCUT2D eigenvalue weighted by atomic mass is 10.1. The molecule has 0 aliphatic rings. The number of furan rings is 2. The molecule has 0 saturated carbocycles. The van der Waals surface area contributed by atoms with Crippen molar-refractivity contribution in [3.8, 4) is 5.75 Å². The molecule has 0 aliphatic carbocycles. The summed E-state index contributed by atoms with van der Waals surface area (Å²) >= 11 is 0. The van der Waals surface area contributed by atoms with Gasteiger partial charge in [0, 0.05) is 10.9 Å². The fourth-order valence-electron chi connectivity index (χ4n) is 1.91. The fraction of sp³-hybridized carbons (Fsp3) is 0. The van der Waals surface area contributed by atoms with E-state index in [0.717, 1.165) is 11.8 Å². The number of hydrogen-bond donors (Lipinski definition) is 1. The summed E-state index contributed by atoms with van der Waals surface area (Å²) in [5.41, 5.74) is 1.86. The Balaban J connectivity index is 2.10. The molecule has 0 amide bonds. The number of aldehydes is 1. The summed E-state index contributed by atoms with van der Waals surface area (Å²) in [6.45, 7) is 0. The van der Waals surface area contributed by atoms with Gasteiger partial charge in [0.15, 0.2) is 6.29 Å². The Morgan fingerprint density at radius 1 is 1.16 bits per heavy atom. The molecule has 3 aromatic rings. The third kappa shape index (κ3) is 2.04. The van der Waals surface area contributed by atoms with Gasteiger partial charge in [-0.1, -0.05) is 0 Å². The Kier molecular flexibility index (Phi) is 2.68. The summed E-state index contributed by atoms with van der Waals surface area (Å²) in [5, 5.41) is 10.1. The molecular weight excluding hydrogens is 244 g/mol. The molecule has 3 rings (SSSR count). The molecule has 94 valence electrons. The number of aromatic hydroxyl groups is 1. The molecule has 0 radical (unpaired) electrons. The van der Waals surface area contributed by atoms with E-state index in [4.69, 9.17) is 8.83 Å². The fourth-order valence-corrected chi connectivity index (χ4v) is 1.91. The predicted molar refractivity (Wildman–Crippen MR) is 70.9 cm³/mol. The molecular formula is C15H10O4. The average molecular weight is 254 g/mol. The Hall–Kier alpha value is -2.75. The Morgan fingerprint density at radius 3 is 2.79 bits per heavy atom. The van der Waals surface area contributed by atoms with Gasteiger partial charge in [-0.2, -0.15) is 0 Å². The second-order valence-corrected chi connectivity index (χ2v) is 4.07. The number of rotatable bonds is 3. The molecule has 0 spiro atoms. The molecule has 2 heterocycles. The first-order valence-electron chi connectivity index (χ1n) is 5.69. The van der Waals surface area contributed by atoms with Gasteiger partial charge in [0.25, 0.3) is 0 Å². The highest BCUT2D eigenvalue weighted by Gasteiger charge is 2.11. The number of carbonyl (C=O) groups is 1. The van der Waals surface area contributed by atoms with Crippen molar-refractivity contribution in [2.24, 2.45) is 0 Å². The highest BCUT2D eigenvalue weighted by Crippen LogP contribution is 2.29. The number of carbonyl (C=O) groups excluding carboxylic acids is 1. The van der Waals surface area contributed by atoms with Crippen LogP contribution in [0.1, 0.15) is 21.7 Å². The van der Waals surface area contributed by atoms with Gasteiger partial charge in [-0.25, -0.2) is 0 Å². The van der Waals surface area contributed by atoms with Gasteiger partial charge in [-0.15, -0.1) is 0 Å². The summed E-state index contributed by atoms with van der Waals surface area (Å²) < 4.78 is 10.5. The number of hydrogen-bond acceptors (Lipinski definition) is 4. The van der Waals surface area contributed by atoms with Crippen LogP contribution in [0, 0.1) is 0 Å². The highest BCUT2D eigenvalue weighted by atomic mass is 16.3. The van der Waals surface area contributed by atoms with E-state index >= 15 is 0 Å². The average Bonchev–Trinajstić information content (AvgIpc) is 3.02. The van der Waals surface area contributed by atoms with E-state index in [9.17, 15) is 9.90 Å². The highest BCUT2D eigenvalue weighted by molar-refractivity contribution is 6.00. The molecule has 0 atom stereocenters. The van der Waals surface area contributed by atoms with Gasteiger partial charge in [0.2, 0.25) is 0 Å². The van der Waals surface area contributed by atoms with Crippen LogP contribution in [0.4, 0.5) is 0 Å². The summed E-state index contributed by atoms with van der Waals surface area (Å²) in [7, 11) is 0. The van der Waals surface area contributed by atoms with E-state index in [2.05, 4.69) is 0 Å². The van der Waals surface area contributed by atoms with Crippen molar-refractivity contribution in [2.45, 2.75) is 0 Å². The Morgan fingerprint density at radius 2 is 2.05 bits per heavy atom. The Labute approximate surface area is 108 Å². The zero-order chi connectivity index (χ0) is 13.2. The SMILES string of the molecule is O=Cc1c(/C=C/c2ccoc2)oc2ccc(O)cc12. The standard InChI is InChI=1S/C15H10O4/c16-8-13-12-7-11(17)2-4-14(12)19-15(13)3-1-10-5-6-18-9-10/h1-9,17H/b3-1+. The van der Waals surface area contributed by atoms with E-state index in [1.807, 2.05) is 0 Å². The third-order valence-electron chi connectivity index (χ3n) is 2.83. The molecule has 4 nitrogen and oxygen atoms in total. The summed E-state index contributed by atoms with van der Waals surface area (Å²) in [6.07, 6.45) is 7.36. The monoisotopic (exact) mass is 254 g/mol. The largest absolute Gasteiger partial charge is 0.508 e. The third-order valence-corrected chi connectivity index (χ3v) is 2.83. The van der Waals surface area contributed by atoms with Crippen molar-refractivity contribution < 1.29 is 18.7 Å². The van der Waals surface area contributed by atoms with Crippen LogP contribution in [0.25, 0.3) is 23.1 Å². The normalized spacial score (nSPS) is 11.4. The minimum Gasteiger partial charge on any atom is -0.508 e. The molecule has 1 N–H and O–H groups in total. The molecule has 19 heavy (non-hydrogen) atoms. The van der Waals surface area contributed by atoms with E-state index in [-0.39, 0.29) is 5.75 Å². The van der Waals surface area contributed by atoms with Gasteiger partial charge >= 0.3 is 0 Å². The lowest BCUT2D eigenvalue weighted by molar-refractivity contribution is 0.112. The maximum atomic E-state index is 11.2. The topological polar surface area (TPSA) is 63.6 Å². The van der Waals surface area contributed by atoms with Gasteiger partial charge < -0.3 is 13.9 Å². The molecule has 0 bridgehead atoms. The Bertz CT molecular complexity index is 748. The van der Waals surface area contributed by atoms with E-state index < -0.39 is 0 Å². The van der Waals surface area contributed by atoms with Gasteiger partial charge in [-0.05, 0) is 36.4 Å². The van der Waals surface area contributed by atoms with Crippen LogP contribution in [0.2, 0.25) is 0 Å². The first-order valence-corrected chi connectivity index (χ1v) is 5.69. The van der Waals surface area contributed by atoms with Crippen molar-refractivity contribution in [1.29, 1.82) is 0 Å². The number of fused-ring (bicyclic) bond motifs is 1. The van der Waals surface area contributed by atoms with Gasteiger partial charge in [-0.3, -0.25) is 4.79 Å². The van der Waals surface area contributed by atoms with Crippen LogP contribution < -0.4 is 0 Å². The summed E-state index contributed by atoms with van der Waals surface area (Å²) in [4.78, 5) is 11.2. The van der Waals surface area contributed by atoms with Gasteiger partial charge in [0.05, 0.1) is 18.1 Å². The van der Waals surface area contributed by atoms with Crippen molar-refractivity contribution in [1.82, 2.24) is 0 Å². The minimum absolute atomic E-state index is 0.0989. The summed E-state index contributed by atoms with van der Waals surface area (Å²) in [5.74, 6) is 0.554. The second-order valence-electron chi connectivity index (χ2n) is 4.07. The minimum atomic E-state index is 0.0989. The van der Waals surface area contributed by atoms with E-state index in [1.54, 1.807) is 36.8 Å². The molecule has 1 aromatic carbocycles. The molecule has 0 saturated heterocycles. The van der Waals surface area contributed by atoms with Gasteiger partial charge in [0.1, 0.15) is 17.1 Å². The number of benzene rings is 1. The lowest BCUT2D eigenvalue weighted by Gasteiger charge is -1.90. The lowest BCUT2D eigenvalue weighted by Crippen LogP contribution is -1.79. The first-order chi connectivity index (χ1) is 9.28. The zero-order valence-electron chi connectivity index (χ0n) is 9.87. The van der Waals surface area contributed by atoms with Crippen LogP contribution in [-0.2, 0) is 0 Å². The van der Waals surface area contributed by atoms with Crippen LogP contribution in [0.15, 0.2) is 45.6 Å². The van der Waals surface area contributed by atoms with Crippen LogP contribution in [0.5, 0.6) is 5.75 Å². The van der Waals surface area contributed by atoms with Crippen LogP contribution in [-0.4, -0.2) is 11.4 Å². The molecule has 0 aliphatic heterocycles. The maximum Gasteiger partial charge on any atom is 0.154 e. The summed E-state index contributed by atoms with van der Waals surface area (Å²) in [6, 6.07) is 6.46. The van der Waals surface area contributed by atoms with Crippen molar-refractivity contribution in [3.63, 3.8) is 0 Å². The van der Waals surface area contributed by atoms with Crippen molar-refractivity contribution in [2.75, 3.05) is 0 Å². The molecule has 0 fully saturated rings. The second kappa shape index (κ2) is 4.49. The van der Waals surface area contributed by atoms with Crippen molar-refractivity contribution in [3.05, 3.63) is 53.7 Å². The van der Waals surface area contributed by atoms with Crippen LogP contribution >= 0.6 is 0 Å².